The predicted molar refractivity (Wildman–Crippen MR) is 67.9 cm³/mol. The van der Waals surface area contributed by atoms with Gasteiger partial charge in [0.15, 0.2) is 0 Å². The predicted octanol–water partition coefficient (Wildman–Crippen LogP) is 3.43. The standard InChI is InChI=1S/C14H25NO2/c1-11-8-14(9-11)6-5-7-15(10-14)12(16)17-13(2,3)4/h11H,5-10H2,1-4H3. The normalized spacial score (nSPS) is 33.4. The Morgan fingerprint density at radius 1 is 1.35 bits per heavy atom. The van der Waals surface area contributed by atoms with Gasteiger partial charge in [0.25, 0.3) is 0 Å². The van der Waals surface area contributed by atoms with Crippen molar-refractivity contribution in [2.24, 2.45) is 11.3 Å². The highest BCUT2D eigenvalue weighted by Gasteiger charge is 2.45. The molecule has 0 atom stereocenters. The van der Waals surface area contributed by atoms with Crippen LogP contribution in [0.5, 0.6) is 0 Å². The first-order chi connectivity index (χ1) is 7.80. The van der Waals surface area contributed by atoms with Crippen molar-refractivity contribution in [3.8, 4) is 0 Å². The molecule has 1 heterocycles. The number of nitrogens with zero attached hydrogens (tertiary/aromatic N) is 1. The molecule has 2 aliphatic rings. The lowest BCUT2D eigenvalue weighted by atomic mass is 9.59. The number of hydrogen-bond donors (Lipinski definition) is 0. The van der Waals surface area contributed by atoms with Crippen molar-refractivity contribution in [2.75, 3.05) is 13.1 Å². The van der Waals surface area contributed by atoms with Crippen molar-refractivity contribution in [1.29, 1.82) is 0 Å². The van der Waals surface area contributed by atoms with Gasteiger partial charge in [-0.1, -0.05) is 6.92 Å². The fraction of sp³-hybridized carbons (Fsp3) is 0.929. The smallest absolute Gasteiger partial charge is 0.410 e. The van der Waals surface area contributed by atoms with Crippen LogP contribution in [0, 0.1) is 11.3 Å². The molecule has 2 fully saturated rings. The number of likely N-dealkylation sites (tertiary alicyclic amines) is 1. The lowest BCUT2D eigenvalue weighted by molar-refractivity contribution is -0.0339. The van der Waals surface area contributed by atoms with Gasteiger partial charge in [0.05, 0.1) is 0 Å². The Bertz CT molecular complexity index is 294. The van der Waals surface area contributed by atoms with Gasteiger partial charge in [-0.25, -0.2) is 4.79 Å². The molecule has 0 bridgehead atoms. The van der Waals surface area contributed by atoms with Gasteiger partial charge in [0.2, 0.25) is 0 Å². The first kappa shape index (κ1) is 12.7. The Kier molecular flexibility index (Phi) is 3.13. The number of piperidine rings is 1. The molecule has 0 unspecified atom stereocenters. The van der Waals surface area contributed by atoms with Crippen molar-refractivity contribution in [3.63, 3.8) is 0 Å². The van der Waals surface area contributed by atoms with Gasteiger partial charge in [-0.3, -0.25) is 0 Å². The van der Waals surface area contributed by atoms with Gasteiger partial charge >= 0.3 is 6.09 Å². The molecule has 1 saturated heterocycles. The molecule has 3 heteroatoms. The Hall–Kier alpha value is -0.730. The van der Waals surface area contributed by atoms with E-state index >= 15 is 0 Å². The van der Waals surface area contributed by atoms with Crippen LogP contribution in [0.15, 0.2) is 0 Å². The second-order valence-electron chi connectivity index (χ2n) is 7.02. The van der Waals surface area contributed by atoms with Crippen molar-refractivity contribution < 1.29 is 9.53 Å². The maximum Gasteiger partial charge on any atom is 0.410 e. The van der Waals surface area contributed by atoms with E-state index in [9.17, 15) is 4.79 Å². The van der Waals surface area contributed by atoms with Crippen LogP contribution in [0.25, 0.3) is 0 Å². The molecule has 1 aliphatic heterocycles. The minimum absolute atomic E-state index is 0.129. The number of ether oxygens (including phenoxy) is 1. The van der Waals surface area contributed by atoms with Crippen LogP contribution < -0.4 is 0 Å². The Balaban J connectivity index is 1.91. The van der Waals surface area contributed by atoms with Crippen molar-refractivity contribution in [1.82, 2.24) is 4.90 Å². The maximum absolute atomic E-state index is 12.0. The lowest BCUT2D eigenvalue weighted by Gasteiger charge is -2.52. The molecule has 0 aromatic carbocycles. The molecule has 1 aliphatic carbocycles. The van der Waals surface area contributed by atoms with E-state index in [-0.39, 0.29) is 11.7 Å². The molecule has 0 aromatic heterocycles. The monoisotopic (exact) mass is 239 g/mol. The van der Waals surface area contributed by atoms with Crippen molar-refractivity contribution >= 4 is 6.09 Å². The van der Waals surface area contributed by atoms with Gasteiger partial charge < -0.3 is 9.64 Å². The van der Waals surface area contributed by atoms with E-state index in [4.69, 9.17) is 4.74 Å². The summed E-state index contributed by atoms with van der Waals surface area (Å²) in [6, 6.07) is 0. The summed E-state index contributed by atoms with van der Waals surface area (Å²) in [5.41, 5.74) is 0.0448. The Labute approximate surface area is 105 Å². The van der Waals surface area contributed by atoms with Crippen molar-refractivity contribution in [3.05, 3.63) is 0 Å². The second-order valence-corrected chi connectivity index (χ2v) is 7.02. The minimum atomic E-state index is -0.380. The first-order valence-corrected chi connectivity index (χ1v) is 6.78. The fourth-order valence-electron chi connectivity index (χ4n) is 3.44. The van der Waals surface area contributed by atoms with Crippen LogP contribution in [-0.2, 0) is 4.74 Å². The van der Waals surface area contributed by atoms with Gasteiger partial charge in [-0.15, -0.1) is 0 Å². The molecular weight excluding hydrogens is 214 g/mol. The number of carbonyl (C=O) groups excluding carboxylic acids is 1. The molecule has 1 spiro atoms. The van der Waals surface area contributed by atoms with Gasteiger partial charge in [-0.2, -0.15) is 0 Å². The number of amides is 1. The molecule has 0 radical (unpaired) electrons. The Morgan fingerprint density at radius 2 is 2.00 bits per heavy atom. The second kappa shape index (κ2) is 4.18. The third kappa shape index (κ3) is 2.93. The number of carbonyl (C=O) groups is 1. The van der Waals surface area contributed by atoms with E-state index < -0.39 is 0 Å². The van der Waals surface area contributed by atoms with E-state index in [0.29, 0.717) is 5.41 Å². The average molecular weight is 239 g/mol. The molecule has 0 aromatic rings. The van der Waals surface area contributed by atoms with E-state index in [1.165, 1.54) is 19.3 Å². The van der Waals surface area contributed by atoms with Crippen molar-refractivity contribution in [2.45, 2.75) is 59.0 Å². The zero-order chi connectivity index (χ0) is 12.7. The SMILES string of the molecule is CC1CC2(CCCN(C(=O)OC(C)(C)C)C2)C1. The number of rotatable bonds is 0. The Morgan fingerprint density at radius 3 is 2.53 bits per heavy atom. The zero-order valence-electron chi connectivity index (χ0n) is 11.6. The molecule has 0 N–H and O–H groups in total. The maximum atomic E-state index is 12.0. The third-order valence-electron chi connectivity index (χ3n) is 3.88. The summed E-state index contributed by atoms with van der Waals surface area (Å²) in [4.78, 5) is 13.9. The van der Waals surface area contributed by atoms with Crippen LogP contribution in [0.4, 0.5) is 4.79 Å². The molecule has 3 nitrogen and oxygen atoms in total. The first-order valence-electron chi connectivity index (χ1n) is 6.78. The number of hydrogen-bond acceptors (Lipinski definition) is 2. The van der Waals surface area contributed by atoms with Gasteiger partial charge in [0, 0.05) is 13.1 Å². The fourth-order valence-corrected chi connectivity index (χ4v) is 3.44. The zero-order valence-corrected chi connectivity index (χ0v) is 11.6. The van der Waals surface area contributed by atoms with Gasteiger partial charge in [0.1, 0.15) is 5.60 Å². The van der Waals surface area contributed by atoms with E-state index in [1.54, 1.807) is 0 Å². The summed E-state index contributed by atoms with van der Waals surface area (Å²) < 4.78 is 5.45. The lowest BCUT2D eigenvalue weighted by Crippen LogP contribution is -2.52. The molecule has 17 heavy (non-hydrogen) atoms. The van der Waals surface area contributed by atoms with E-state index in [2.05, 4.69) is 6.92 Å². The van der Waals surface area contributed by atoms with Gasteiger partial charge in [-0.05, 0) is 57.8 Å². The van der Waals surface area contributed by atoms with Crippen LogP contribution in [0.3, 0.4) is 0 Å². The summed E-state index contributed by atoms with van der Waals surface area (Å²) in [5, 5.41) is 0. The summed E-state index contributed by atoms with van der Waals surface area (Å²) >= 11 is 0. The third-order valence-corrected chi connectivity index (χ3v) is 3.88. The van der Waals surface area contributed by atoms with E-state index in [0.717, 1.165) is 25.4 Å². The van der Waals surface area contributed by atoms with Crippen LogP contribution in [-0.4, -0.2) is 29.7 Å². The molecule has 98 valence electrons. The molecule has 2 rings (SSSR count). The average Bonchev–Trinajstić information content (AvgIpc) is 2.13. The molecular formula is C14H25NO2. The van der Waals surface area contributed by atoms with Crippen LogP contribution in [0.2, 0.25) is 0 Å². The largest absolute Gasteiger partial charge is 0.444 e. The molecule has 1 amide bonds. The summed E-state index contributed by atoms with van der Waals surface area (Å²) in [6.07, 6.45) is 4.86. The molecule has 1 saturated carbocycles. The highest BCUT2D eigenvalue weighted by atomic mass is 16.6. The topological polar surface area (TPSA) is 29.5 Å². The minimum Gasteiger partial charge on any atom is -0.444 e. The summed E-state index contributed by atoms with van der Waals surface area (Å²) in [6.45, 7) is 9.86. The van der Waals surface area contributed by atoms with E-state index in [1.807, 2.05) is 25.7 Å². The van der Waals surface area contributed by atoms with Crippen LogP contribution >= 0.6 is 0 Å². The van der Waals surface area contributed by atoms with Crippen LogP contribution in [0.1, 0.15) is 53.4 Å². The highest BCUT2D eigenvalue weighted by molar-refractivity contribution is 5.68. The summed E-state index contributed by atoms with van der Waals surface area (Å²) in [7, 11) is 0. The quantitative estimate of drug-likeness (QED) is 0.648. The highest BCUT2D eigenvalue weighted by Crippen LogP contribution is 2.50. The summed E-state index contributed by atoms with van der Waals surface area (Å²) in [5.74, 6) is 0.841.